The fourth-order valence-corrected chi connectivity index (χ4v) is 4.63. The molecule has 1 aliphatic heterocycles. The van der Waals surface area contributed by atoms with E-state index in [0.29, 0.717) is 5.92 Å². The zero-order valence-electron chi connectivity index (χ0n) is 15.9. The van der Waals surface area contributed by atoms with Crippen LogP contribution in [-0.2, 0) is 6.54 Å². The van der Waals surface area contributed by atoms with E-state index in [0.717, 1.165) is 36.2 Å². The summed E-state index contributed by atoms with van der Waals surface area (Å²) in [7, 11) is 0. The molecular weight excluding hydrogens is 323 g/mol. The molecule has 0 spiro atoms. The predicted molar refractivity (Wildman–Crippen MR) is 106 cm³/mol. The first-order chi connectivity index (χ1) is 12.5. The average molecular weight is 350 g/mol. The van der Waals surface area contributed by atoms with Crippen LogP contribution in [0.1, 0.15) is 46.7 Å². The van der Waals surface area contributed by atoms with Crippen LogP contribution in [0.4, 0.5) is 4.39 Å². The summed E-state index contributed by atoms with van der Waals surface area (Å²) < 4.78 is 13.7. The van der Waals surface area contributed by atoms with Gasteiger partial charge >= 0.3 is 0 Å². The van der Waals surface area contributed by atoms with Crippen LogP contribution >= 0.6 is 0 Å². The van der Waals surface area contributed by atoms with E-state index in [1.54, 1.807) is 11.6 Å². The van der Waals surface area contributed by atoms with Crippen molar-refractivity contribution in [3.8, 4) is 0 Å². The maximum absolute atomic E-state index is 13.7. The SMILES string of the molecule is Cc1cccc(C)c1C1CCN(Cc2c(C)[nH]c3ccc(F)cc23)CC1. The van der Waals surface area contributed by atoms with Crippen LogP contribution in [-0.4, -0.2) is 23.0 Å². The van der Waals surface area contributed by atoms with E-state index < -0.39 is 0 Å². The molecule has 1 fully saturated rings. The molecule has 26 heavy (non-hydrogen) atoms. The summed E-state index contributed by atoms with van der Waals surface area (Å²) >= 11 is 0. The molecule has 1 aliphatic rings. The Morgan fingerprint density at radius 3 is 2.42 bits per heavy atom. The van der Waals surface area contributed by atoms with Crippen LogP contribution in [0.15, 0.2) is 36.4 Å². The fourth-order valence-electron chi connectivity index (χ4n) is 4.63. The number of benzene rings is 2. The van der Waals surface area contributed by atoms with Gasteiger partial charge in [-0.05, 0) is 93.1 Å². The first-order valence-corrected chi connectivity index (χ1v) is 9.58. The number of hydrogen-bond acceptors (Lipinski definition) is 1. The Labute approximate surface area is 155 Å². The first kappa shape index (κ1) is 17.3. The lowest BCUT2D eigenvalue weighted by atomic mass is 9.84. The van der Waals surface area contributed by atoms with E-state index in [9.17, 15) is 4.39 Å². The number of aromatic amines is 1. The Morgan fingerprint density at radius 1 is 1.04 bits per heavy atom. The van der Waals surface area contributed by atoms with Crippen molar-refractivity contribution >= 4 is 10.9 Å². The van der Waals surface area contributed by atoms with Crippen LogP contribution in [0.3, 0.4) is 0 Å². The highest BCUT2D eigenvalue weighted by atomic mass is 19.1. The second-order valence-corrected chi connectivity index (χ2v) is 7.77. The van der Waals surface area contributed by atoms with Gasteiger partial charge in [0, 0.05) is 23.1 Å². The largest absolute Gasteiger partial charge is 0.358 e. The summed E-state index contributed by atoms with van der Waals surface area (Å²) in [6.07, 6.45) is 2.39. The third kappa shape index (κ3) is 3.16. The molecule has 0 aliphatic carbocycles. The lowest BCUT2D eigenvalue weighted by Crippen LogP contribution is -2.33. The van der Waals surface area contributed by atoms with E-state index in [-0.39, 0.29) is 5.82 Å². The molecule has 0 radical (unpaired) electrons. The molecule has 2 aromatic carbocycles. The Bertz CT molecular complexity index is 913. The topological polar surface area (TPSA) is 19.0 Å². The number of nitrogens with one attached hydrogen (secondary N) is 1. The monoisotopic (exact) mass is 350 g/mol. The van der Waals surface area contributed by atoms with Crippen LogP contribution in [0.5, 0.6) is 0 Å². The number of rotatable bonds is 3. The van der Waals surface area contributed by atoms with Crippen molar-refractivity contribution in [3.05, 3.63) is 70.2 Å². The van der Waals surface area contributed by atoms with Crippen molar-refractivity contribution < 1.29 is 4.39 Å². The number of piperidine rings is 1. The van der Waals surface area contributed by atoms with Crippen LogP contribution in [0.25, 0.3) is 10.9 Å². The van der Waals surface area contributed by atoms with Crippen LogP contribution < -0.4 is 0 Å². The van der Waals surface area contributed by atoms with Gasteiger partial charge in [-0.1, -0.05) is 18.2 Å². The number of nitrogens with zero attached hydrogens (tertiary/aromatic N) is 1. The Balaban J connectivity index is 1.50. The maximum atomic E-state index is 13.7. The number of hydrogen-bond donors (Lipinski definition) is 1. The lowest BCUT2D eigenvalue weighted by Gasteiger charge is -2.33. The van der Waals surface area contributed by atoms with E-state index in [2.05, 4.69) is 48.9 Å². The van der Waals surface area contributed by atoms with E-state index in [1.807, 2.05) is 6.07 Å². The molecule has 2 nitrogen and oxygen atoms in total. The van der Waals surface area contributed by atoms with Gasteiger partial charge in [0.25, 0.3) is 0 Å². The minimum Gasteiger partial charge on any atom is -0.358 e. The molecule has 136 valence electrons. The summed E-state index contributed by atoms with van der Waals surface area (Å²) in [6, 6.07) is 11.7. The van der Waals surface area contributed by atoms with Crippen molar-refractivity contribution in [1.29, 1.82) is 0 Å². The summed E-state index contributed by atoms with van der Waals surface area (Å²) in [4.78, 5) is 5.92. The molecular formula is C23H27FN2. The lowest BCUT2D eigenvalue weighted by molar-refractivity contribution is 0.204. The van der Waals surface area contributed by atoms with Gasteiger partial charge in [0.1, 0.15) is 5.82 Å². The van der Waals surface area contributed by atoms with Crippen LogP contribution in [0, 0.1) is 26.6 Å². The summed E-state index contributed by atoms with van der Waals surface area (Å²) in [5, 5.41) is 1.03. The molecule has 3 heteroatoms. The minimum absolute atomic E-state index is 0.161. The minimum atomic E-state index is -0.161. The van der Waals surface area contributed by atoms with Crippen molar-refractivity contribution in [2.45, 2.75) is 46.1 Å². The van der Waals surface area contributed by atoms with Crippen molar-refractivity contribution in [2.75, 3.05) is 13.1 Å². The van der Waals surface area contributed by atoms with Gasteiger partial charge in [-0.2, -0.15) is 0 Å². The highest BCUT2D eigenvalue weighted by Gasteiger charge is 2.24. The fraction of sp³-hybridized carbons (Fsp3) is 0.391. The number of likely N-dealkylation sites (tertiary alicyclic amines) is 1. The molecule has 2 heterocycles. The van der Waals surface area contributed by atoms with Crippen molar-refractivity contribution in [3.63, 3.8) is 0 Å². The second kappa shape index (κ2) is 6.88. The molecule has 0 unspecified atom stereocenters. The smallest absolute Gasteiger partial charge is 0.123 e. The molecule has 3 aromatic rings. The Kier molecular flexibility index (Phi) is 4.58. The molecule has 4 rings (SSSR count). The van der Waals surface area contributed by atoms with Gasteiger partial charge in [0.05, 0.1) is 0 Å². The number of aryl methyl sites for hydroxylation is 3. The van der Waals surface area contributed by atoms with Gasteiger partial charge in [-0.15, -0.1) is 0 Å². The Morgan fingerprint density at radius 2 is 1.73 bits per heavy atom. The standard InChI is InChI=1S/C23H27FN2/c1-15-5-4-6-16(2)23(15)18-9-11-26(12-10-18)14-21-17(3)25-22-8-7-19(24)13-20(21)22/h4-8,13,18,25H,9-12,14H2,1-3H3. The van der Waals surface area contributed by atoms with E-state index in [4.69, 9.17) is 0 Å². The van der Waals surface area contributed by atoms with Gasteiger partial charge in [0.15, 0.2) is 0 Å². The number of fused-ring (bicyclic) bond motifs is 1. The van der Waals surface area contributed by atoms with Crippen LogP contribution in [0.2, 0.25) is 0 Å². The third-order valence-electron chi connectivity index (χ3n) is 6.00. The zero-order chi connectivity index (χ0) is 18.3. The summed E-state index contributed by atoms with van der Waals surface area (Å²) in [6.45, 7) is 9.66. The normalized spacial score (nSPS) is 16.5. The molecule has 0 atom stereocenters. The number of H-pyrrole nitrogens is 1. The quantitative estimate of drug-likeness (QED) is 0.650. The van der Waals surface area contributed by atoms with E-state index in [1.165, 1.54) is 35.6 Å². The predicted octanol–water partition coefficient (Wildman–Crippen LogP) is 5.61. The van der Waals surface area contributed by atoms with E-state index >= 15 is 0 Å². The van der Waals surface area contributed by atoms with Crippen molar-refractivity contribution in [2.24, 2.45) is 0 Å². The molecule has 1 N–H and O–H groups in total. The van der Waals surface area contributed by atoms with Gasteiger partial charge in [-0.3, -0.25) is 4.90 Å². The van der Waals surface area contributed by atoms with Gasteiger partial charge in [-0.25, -0.2) is 4.39 Å². The molecule has 0 saturated carbocycles. The molecule has 0 bridgehead atoms. The molecule has 0 amide bonds. The number of aromatic nitrogens is 1. The van der Waals surface area contributed by atoms with Crippen molar-refractivity contribution in [1.82, 2.24) is 9.88 Å². The average Bonchev–Trinajstić information content (AvgIpc) is 2.91. The molecule has 1 saturated heterocycles. The highest BCUT2D eigenvalue weighted by molar-refractivity contribution is 5.84. The Hall–Kier alpha value is -2.13. The molecule has 1 aromatic heterocycles. The summed E-state index contributed by atoms with van der Waals surface area (Å²) in [5.74, 6) is 0.500. The van der Waals surface area contributed by atoms with Gasteiger partial charge in [0.2, 0.25) is 0 Å². The zero-order valence-corrected chi connectivity index (χ0v) is 15.9. The first-order valence-electron chi connectivity index (χ1n) is 9.58. The second-order valence-electron chi connectivity index (χ2n) is 7.77. The number of halogens is 1. The van der Waals surface area contributed by atoms with Gasteiger partial charge < -0.3 is 4.98 Å². The third-order valence-corrected chi connectivity index (χ3v) is 6.00. The summed E-state index contributed by atoms with van der Waals surface area (Å²) in [5.41, 5.74) is 7.83. The maximum Gasteiger partial charge on any atom is 0.123 e. The highest BCUT2D eigenvalue weighted by Crippen LogP contribution is 2.33.